The Bertz CT molecular complexity index is 478. The molecule has 0 spiro atoms. The van der Waals surface area contributed by atoms with E-state index in [0.717, 1.165) is 25.0 Å². The van der Waals surface area contributed by atoms with Crippen LogP contribution >= 0.6 is 11.8 Å². The number of carboxylic acid groups (broad SMARTS) is 1. The molecule has 0 aliphatic carbocycles. The first kappa shape index (κ1) is 15.9. The number of amides is 1. The van der Waals surface area contributed by atoms with Gasteiger partial charge in [0.1, 0.15) is 6.04 Å². The number of carbonyl (C=O) groups is 2. The number of thioether (sulfide) groups is 1. The topological polar surface area (TPSA) is 57.6 Å². The number of piperidine rings is 1. The fourth-order valence-corrected chi connectivity index (χ4v) is 3.43. The van der Waals surface area contributed by atoms with E-state index < -0.39 is 12.0 Å². The van der Waals surface area contributed by atoms with E-state index in [1.165, 1.54) is 5.56 Å². The molecule has 21 heavy (non-hydrogen) atoms. The molecule has 1 aromatic carbocycles. The normalized spacial score (nSPS) is 18.5. The second kappa shape index (κ2) is 8.08. The van der Waals surface area contributed by atoms with Gasteiger partial charge in [-0.25, -0.2) is 4.79 Å². The molecule has 2 rings (SSSR count). The van der Waals surface area contributed by atoms with Gasteiger partial charge in [0.15, 0.2) is 0 Å². The molecule has 5 heteroatoms. The summed E-state index contributed by atoms with van der Waals surface area (Å²) in [6.45, 7) is 0.578. The Morgan fingerprint density at radius 2 is 2.00 bits per heavy atom. The Hall–Kier alpha value is -1.49. The van der Waals surface area contributed by atoms with E-state index in [1.807, 2.05) is 18.2 Å². The van der Waals surface area contributed by atoms with Gasteiger partial charge in [0.2, 0.25) is 5.91 Å². The molecule has 1 N–H and O–H groups in total. The molecule has 114 valence electrons. The number of rotatable bonds is 6. The number of likely N-dealkylation sites (tertiary alicyclic amines) is 1. The minimum absolute atomic E-state index is 0.0415. The van der Waals surface area contributed by atoms with Gasteiger partial charge in [0, 0.05) is 6.54 Å². The van der Waals surface area contributed by atoms with Crippen molar-refractivity contribution in [1.29, 1.82) is 0 Å². The zero-order valence-electron chi connectivity index (χ0n) is 12.0. The third-order valence-electron chi connectivity index (χ3n) is 3.71. The van der Waals surface area contributed by atoms with Crippen molar-refractivity contribution in [2.45, 2.75) is 31.7 Å². The Balaban J connectivity index is 1.74. The van der Waals surface area contributed by atoms with Crippen LogP contribution in [0.2, 0.25) is 0 Å². The molecule has 0 radical (unpaired) electrons. The number of hydrogen-bond donors (Lipinski definition) is 1. The maximum atomic E-state index is 12.2. The molecule has 0 aromatic heterocycles. The van der Waals surface area contributed by atoms with Gasteiger partial charge in [-0.05, 0) is 37.0 Å². The van der Waals surface area contributed by atoms with Crippen LogP contribution in [0.15, 0.2) is 30.3 Å². The highest BCUT2D eigenvalue weighted by atomic mass is 32.2. The molecule has 0 bridgehead atoms. The van der Waals surface area contributed by atoms with Gasteiger partial charge in [-0.1, -0.05) is 30.3 Å². The van der Waals surface area contributed by atoms with Crippen LogP contribution in [0.5, 0.6) is 0 Å². The summed E-state index contributed by atoms with van der Waals surface area (Å²) >= 11 is 1.58. The molecule has 1 aliphatic heterocycles. The average Bonchev–Trinajstić information content (AvgIpc) is 2.52. The van der Waals surface area contributed by atoms with Crippen LogP contribution in [0.25, 0.3) is 0 Å². The maximum Gasteiger partial charge on any atom is 0.326 e. The molecular formula is C16H21NO3S. The van der Waals surface area contributed by atoms with Gasteiger partial charge in [0.05, 0.1) is 5.75 Å². The number of hydrogen-bond acceptors (Lipinski definition) is 3. The second-order valence-corrected chi connectivity index (χ2v) is 6.33. The molecule has 0 saturated carbocycles. The van der Waals surface area contributed by atoms with Crippen molar-refractivity contribution in [3.8, 4) is 0 Å². The van der Waals surface area contributed by atoms with Crippen LogP contribution < -0.4 is 0 Å². The first-order valence-corrected chi connectivity index (χ1v) is 8.48. The third-order valence-corrected chi connectivity index (χ3v) is 4.66. The number of nitrogens with zero attached hydrogens (tertiary/aromatic N) is 1. The number of aliphatic carboxylic acids is 1. The van der Waals surface area contributed by atoms with E-state index in [9.17, 15) is 14.7 Å². The van der Waals surface area contributed by atoms with Crippen molar-refractivity contribution in [1.82, 2.24) is 4.90 Å². The number of carboxylic acids is 1. The van der Waals surface area contributed by atoms with Gasteiger partial charge in [-0.3, -0.25) is 4.79 Å². The summed E-state index contributed by atoms with van der Waals surface area (Å²) in [4.78, 5) is 24.9. The van der Waals surface area contributed by atoms with Gasteiger partial charge < -0.3 is 10.0 Å². The smallest absolute Gasteiger partial charge is 0.326 e. The zero-order chi connectivity index (χ0) is 15.1. The number of benzene rings is 1. The van der Waals surface area contributed by atoms with Crippen LogP contribution in [0.1, 0.15) is 24.8 Å². The van der Waals surface area contributed by atoms with Crippen molar-refractivity contribution in [3.63, 3.8) is 0 Å². The van der Waals surface area contributed by atoms with E-state index in [1.54, 1.807) is 16.7 Å². The van der Waals surface area contributed by atoms with Crippen LogP contribution in [0, 0.1) is 0 Å². The standard InChI is InChI=1S/C16H21NO3S/c18-15(17-10-5-4-8-14(17)16(19)20)12-21-11-9-13-6-2-1-3-7-13/h1-3,6-7,14H,4-5,8-12H2,(H,19,20). The predicted octanol–water partition coefficient (Wildman–Crippen LogP) is 2.43. The maximum absolute atomic E-state index is 12.2. The minimum atomic E-state index is -0.877. The lowest BCUT2D eigenvalue weighted by atomic mass is 10.0. The molecule has 4 nitrogen and oxygen atoms in total. The lowest BCUT2D eigenvalue weighted by Crippen LogP contribution is -2.48. The fourth-order valence-electron chi connectivity index (χ4n) is 2.56. The van der Waals surface area contributed by atoms with Crippen molar-refractivity contribution < 1.29 is 14.7 Å². The molecule has 1 fully saturated rings. The largest absolute Gasteiger partial charge is 0.480 e. The van der Waals surface area contributed by atoms with Gasteiger partial charge >= 0.3 is 5.97 Å². The monoisotopic (exact) mass is 307 g/mol. The SMILES string of the molecule is O=C(O)C1CCCCN1C(=O)CSCCc1ccccc1. The van der Waals surface area contributed by atoms with E-state index in [4.69, 9.17) is 0 Å². The van der Waals surface area contributed by atoms with E-state index >= 15 is 0 Å². The van der Waals surface area contributed by atoms with E-state index in [2.05, 4.69) is 12.1 Å². The summed E-state index contributed by atoms with van der Waals surface area (Å²) in [5, 5.41) is 9.18. The van der Waals surface area contributed by atoms with Crippen molar-refractivity contribution in [2.24, 2.45) is 0 Å². The van der Waals surface area contributed by atoms with Crippen molar-refractivity contribution in [3.05, 3.63) is 35.9 Å². The van der Waals surface area contributed by atoms with Crippen molar-refractivity contribution in [2.75, 3.05) is 18.1 Å². The van der Waals surface area contributed by atoms with Crippen molar-refractivity contribution >= 4 is 23.6 Å². The van der Waals surface area contributed by atoms with Crippen LogP contribution in [-0.4, -0.2) is 46.0 Å². The Morgan fingerprint density at radius 1 is 1.24 bits per heavy atom. The fraction of sp³-hybridized carbons (Fsp3) is 0.500. The third kappa shape index (κ3) is 4.77. The summed E-state index contributed by atoms with van der Waals surface area (Å²) in [5.74, 6) is 0.329. The Morgan fingerprint density at radius 3 is 2.71 bits per heavy atom. The van der Waals surface area contributed by atoms with E-state index in [0.29, 0.717) is 18.7 Å². The van der Waals surface area contributed by atoms with Crippen LogP contribution in [-0.2, 0) is 16.0 Å². The summed E-state index contributed by atoms with van der Waals surface area (Å²) in [7, 11) is 0. The Labute approximate surface area is 129 Å². The minimum Gasteiger partial charge on any atom is -0.480 e. The highest BCUT2D eigenvalue weighted by Crippen LogP contribution is 2.19. The van der Waals surface area contributed by atoms with Gasteiger partial charge in [-0.2, -0.15) is 11.8 Å². The molecule has 1 aliphatic rings. The predicted molar refractivity (Wildman–Crippen MR) is 84.5 cm³/mol. The average molecular weight is 307 g/mol. The molecule has 1 amide bonds. The van der Waals surface area contributed by atoms with Gasteiger partial charge in [-0.15, -0.1) is 0 Å². The molecular weight excluding hydrogens is 286 g/mol. The first-order valence-electron chi connectivity index (χ1n) is 7.32. The highest BCUT2D eigenvalue weighted by molar-refractivity contribution is 7.99. The summed E-state index contributed by atoms with van der Waals surface area (Å²) in [5.41, 5.74) is 1.26. The second-order valence-electron chi connectivity index (χ2n) is 5.23. The lowest BCUT2D eigenvalue weighted by molar-refractivity contribution is -0.150. The number of aryl methyl sites for hydroxylation is 1. The van der Waals surface area contributed by atoms with Crippen LogP contribution in [0.3, 0.4) is 0 Å². The van der Waals surface area contributed by atoms with Gasteiger partial charge in [0.25, 0.3) is 0 Å². The zero-order valence-corrected chi connectivity index (χ0v) is 12.8. The summed E-state index contributed by atoms with van der Waals surface area (Å²) in [6, 6.07) is 9.54. The molecule has 1 saturated heterocycles. The molecule has 1 unspecified atom stereocenters. The quantitative estimate of drug-likeness (QED) is 0.820. The lowest BCUT2D eigenvalue weighted by Gasteiger charge is -2.32. The molecule has 1 aromatic rings. The van der Waals surface area contributed by atoms with Crippen LogP contribution in [0.4, 0.5) is 0 Å². The highest BCUT2D eigenvalue weighted by Gasteiger charge is 2.31. The van der Waals surface area contributed by atoms with E-state index in [-0.39, 0.29) is 5.91 Å². The number of carbonyl (C=O) groups excluding carboxylic acids is 1. The summed E-state index contributed by atoms with van der Waals surface area (Å²) in [6.07, 6.45) is 3.31. The summed E-state index contributed by atoms with van der Waals surface area (Å²) < 4.78 is 0. The Kier molecular flexibility index (Phi) is 6.11. The molecule has 1 atom stereocenters. The molecule has 1 heterocycles. The first-order chi connectivity index (χ1) is 10.2.